The van der Waals surface area contributed by atoms with Crippen LogP contribution in [0.1, 0.15) is 47.9 Å². The summed E-state index contributed by atoms with van der Waals surface area (Å²) in [5.74, 6) is 0.0823. The first-order chi connectivity index (χ1) is 9.97. The van der Waals surface area contributed by atoms with E-state index in [1.54, 1.807) is 12.1 Å². The summed E-state index contributed by atoms with van der Waals surface area (Å²) in [6.45, 7) is 4.49. The van der Waals surface area contributed by atoms with Crippen molar-refractivity contribution in [2.45, 2.75) is 31.7 Å². The Bertz CT molecular complexity index is 679. The van der Waals surface area contributed by atoms with Crippen molar-refractivity contribution < 1.29 is 4.79 Å². The van der Waals surface area contributed by atoms with Gasteiger partial charge in [0.2, 0.25) is 0 Å². The number of nitrogens with zero attached hydrogens (tertiary/aromatic N) is 2. The van der Waals surface area contributed by atoms with Crippen molar-refractivity contribution in [2.24, 2.45) is 5.73 Å². The van der Waals surface area contributed by atoms with Gasteiger partial charge in [0.25, 0.3) is 5.91 Å². The third-order valence-corrected chi connectivity index (χ3v) is 4.02. The Morgan fingerprint density at radius 3 is 2.67 bits per heavy atom. The minimum atomic E-state index is -0.568. The summed E-state index contributed by atoms with van der Waals surface area (Å²) in [5, 5.41) is 11.2. The van der Waals surface area contributed by atoms with E-state index >= 15 is 0 Å². The largest absolute Gasteiger partial charge is 0.364 e. The lowest BCUT2D eigenvalue weighted by Gasteiger charge is -2.19. The molecule has 2 aromatic rings. The van der Waals surface area contributed by atoms with Gasteiger partial charge >= 0.3 is 0 Å². The fourth-order valence-corrected chi connectivity index (χ4v) is 3.00. The number of hydrogen-bond donors (Lipinski definition) is 2. The Morgan fingerprint density at radius 1 is 1.24 bits per heavy atom. The lowest BCUT2D eigenvalue weighted by Crippen LogP contribution is -2.16. The van der Waals surface area contributed by atoms with E-state index in [0.29, 0.717) is 5.82 Å². The Kier molecular flexibility index (Phi) is 3.12. The molecular weight excluding hydrogens is 264 g/mol. The van der Waals surface area contributed by atoms with E-state index < -0.39 is 5.91 Å². The van der Waals surface area contributed by atoms with Crippen LogP contribution in [0.15, 0.2) is 36.4 Å². The summed E-state index contributed by atoms with van der Waals surface area (Å²) < 4.78 is 0. The maximum atomic E-state index is 11.0. The van der Waals surface area contributed by atoms with E-state index in [4.69, 9.17) is 5.73 Å². The molecule has 0 saturated heterocycles. The van der Waals surface area contributed by atoms with Gasteiger partial charge in [-0.3, -0.25) is 4.79 Å². The van der Waals surface area contributed by atoms with Crippen LogP contribution >= 0.6 is 0 Å². The molecule has 3 N–H and O–H groups in total. The number of anilines is 1. The van der Waals surface area contributed by atoms with Gasteiger partial charge in [0.05, 0.1) is 6.04 Å². The molecule has 1 aliphatic rings. The number of hydrogen-bond acceptors (Lipinski definition) is 4. The Balaban J connectivity index is 1.85. The molecule has 1 unspecified atom stereocenters. The molecule has 1 aromatic carbocycles. The third-order valence-electron chi connectivity index (χ3n) is 4.02. The maximum absolute atomic E-state index is 11.0. The second kappa shape index (κ2) is 4.84. The highest BCUT2D eigenvalue weighted by molar-refractivity contribution is 5.90. The van der Waals surface area contributed by atoms with Crippen molar-refractivity contribution in [1.82, 2.24) is 10.2 Å². The first-order valence-electron chi connectivity index (χ1n) is 6.97. The first-order valence-corrected chi connectivity index (χ1v) is 6.97. The highest BCUT2D eigenvalue weighted by Gasteiger charge is 2.36. The average molecular weight is 282 g/mol. The predicted octanol–water partition coefficient (Wildman–Crippen LogP) is 2.41. The van der Waals surface area contributed by atoms with Crippen LogP contribution in [0.25, 0.3) is 0 Å². The summed E-state index contributed by atoms with van der Waals surface area (Å²) in [6, 6.07) is 12.0. The zero-order chi connectivity index (χ0) is 15.0. The summed E-state index contributed by atoms with van der Waals surface area (Å²) in [4.78, 5) is 11.0. The number of amides is 1. The summed E-state index contributed by atoms with van der Waals surface area (Å²) >= 11 is 0. The number of nitrogens with one attached hydrogen (secondary N) is 1. The van der Waals surface area contributed by atoms with E-state index in [1.807, 2.05) is 0 Å². The highest BCUT2D eigenvalue weighted by Crippen LogP contribution is 2.45. The van der Waals surface area contributed by atoms with Crippen LogP contribution < -0.4 is 11.1 Å². The fourth-order valence-electron chi connectivity index (χ4n) is 3.00. The van der Waals surface area contributed by atoms with Gasteiger partial charge in [-0.05, 0) is 35.1 Å². The molecule has 1 amide bonds. The van der Waals surface area contributed by atoms with Crippen molar-refractivity contribution in [3.63, 3.8) is 0 Å². The van der Waals surface area contributed by atoms with Crippen LogP contribution in [0, 0.1) is 0 Å². The van der Waals surface area contributed by atoms with Gasteiger partial charge in [-0.2, -0.15) is 0 Å². The molecule has 3 rings (SSSR count). The standard InChI is InChI=1S/C16H18N4O/c1-16(2)9-13(10-5-3-4-6-11(10)16)18-14-8-7-12(15(17)21)19-20-14/h3-8,13H,9H2,1-2H3,(H2,17,21)(H,18,20). The van der Waals surface area contributed by atoms with Crippen LogP contribution in [-0.2, 0) is 5.41 Å². The van der Waals surface area contributed by atoms with Gasteiger partial charge in [0, 0.05) is 0 Å². The Hall–Kier alpha value is -2.43. The van der Waals surface area contributed by atoms with Gasteiger partial charge in [0.1, 0.15) is 5.82 Å². The van der Waals surface area contributed by atoms with Gasteiger partial charge in [-0.1, -0.05) is 38.1 Å². The van der Waals surface area contributed by atoms with Crippen molar-refractivity contribution >= 4 is 11.7 Å². The fraction of sp³-hybridized carbons (Fsp3) is 0.312. The van der Waals surface area contributed by atoms with Crippen LogP contribution in [0.5, 0.6) is 0 Å². The molecule has 0 fully saturated rings. The van der Waals surface area contributed by atoms with Crippen LogP contribution in [-0.4, -0.2) is 16.1 Å². The third kappa shape index (κ3) is 2.46. The molecule has 0 bridgehead atoms. The number of fused-ring (bicyclic) bond motifs is 1. The minimum absolute atomic E-state index is 0.134. The van der Waals surface area contributed by atoms with E-state index in [2.05, 4.69) is 53.6 Å². The minimum Gasteiger partial charge on any atom is -0.364 e. The number of carbonyl (C=O) groups is 1. The number of nitrogens with two attached hydrogens (primary N) is 1. The van der Waals surface area contributed by atoms with Gasteiger partial charge < -0.3 is 11.1 Å². The molecule has 1 aromatic heterocycles. The quantitative estimate of drug-likeness (QED) is 0.905. The van der Waals surface area contributed by atoms with Crippen molar-refractivity contribution in [3.8, 4) is 0 Å². The Morgan fingerprint density at radius 2 is 2.00 bits per heavy atom. The van der Waals surface area contributed by atoms with Crippen LogP contribution in [0.4, 0.5) is 5.82 Å². The smallest absolute Gasteiger partial charge is 0.269 e. The second-order valence-corrected chi connectivity index (χ2v) is 6.04. The number of primary amides is 1. The normalized spacial score (nSPS) is 19.0. The molecule has 0 saturated carbocycles. The molecule has 1 atom stereocenters. The summed E-state index contributed by atoms with van der Waals surface area (Å²) in [5.41, 5.74) is 8.13. The number of aromatic nitrogens is 2. The molecule has 0 radical (unpaired) electrons. The molecule has 5 nitrogen and oxygen atoms in total. The van der Waals surface area contributed by atoms with Crippen molar-refractivity contribution in [1.29, 1.82) is 0 Å². The van der Waals surface area contributed by atoms with Gasteiger partial charge in [-0.15, -0.1) is 10.2 Å². The van der Waals surface area contributed by atoms with E-state index in [9.17, 15) is 4.79 Å². The second-order valence-electron chi connectivity index (χ2n) is 6.04. The predicted molar refractivity (Wildman–Crippen MR) is 81.0 cm³/mol. The summed E-state index contributed by atoms with van der Waals surface area (Å²) in [7, 11) is 0. The zero-order valence-electron chi connectivity index (χ0n) is 12.1. The lowest BCUT2D eigenvalue weighted by molar-refractivity contribution is 0.0994. The molecule has 5 heteroatoms. The highest BCUT2D eigenvalue weighted by atomic mass is 16.1. The zero-order valence-corrected chi connectivity index (χ0v) is 12.1. The van der Waals surface area contributed by atoms with E-state index in [1.165, 1.54) is 11.1 Å². The van der Waals surface area contributed by atoms with E-state index in [0.717, 1.165) is 6.42 Å². The maximum Gasteiger partial charge on any atom is 0.269 e. The van der Waals surface area contributed by atoms with Crippen molar-refractivity contribution in [3.05, 3.63) is 53.2 Å². The molecule has 21 heavy (non-hydrogen) atoms. The van der Waals surface area contributed by atoms with Gasteiger partial charge in [-0.25, -0.2) is 0 Å². The molecule has 0 spiro atoms. The molecule has 0 aliphatic heterocycles. The van der Waals surface area contributed by atoms with Crippen molar-refractivity contribution in [2.75, 3.05) is 5.32 Å². The number of rotatable bonds is 3. The van der Waals surface area contributed by atoms with E-state index in [-0.39, 0.29) is 17.2 Å². The topological polar surface area (TPSA) is 80.9 Å². The molecular formula is C16H18N4O. The first kappa shape index (κ1) is 13.5. The molecule has 1 heterocycles. The SMILES string of the molecule is CC1(C)CC(Nc2ccc(C(N)=O)nn2)c2ccccc21. The molecule has 1 aliphatic carbocycles. The monoisotopic (exact) mass is 282 g/mol. The molecule has 108 valence electrons. The van der Waals surface area contributed by atoms with Crippen LogP contribution in [0.2, 0.25) is 0 Å². The Labute approximate surface area is 123 Å². The summed E-state index contributed by atoms with van der Waals surface area (Å²) in [6.07, 6.45) is 0.992. The number of benzene rings is 1. The average Bonchev–Trinajstić information content (AvgIpc) is 2.71. The lowest BCUT2D eigenvalue weighted by atomic mass is 9.86. The van der Waals surface area contributed by atoms with Crippen LogP contribution in [0.3, 0.4) is 0 Å². The van der Waals surface area contributed by atoms with Gasteiger partial charge in [0.15, 0.2) is 5.69 Å². The number of carbonyl (C=O) groups excluding carboxylic acids is 1.